The summed E-state index contributed by atoms with van der Waals surface area (Å²) in [5.74, 6) is -0.693. The standard InChI is InChI=1S/C17H17N7O3S/c1-7(25)27-9-6-20-16(28-9)22-14(26)13-10-12(23-24-13)11-8(4-17(10,2)3)5-19-15(18)21-11/h5-6H,4H2,1-3H3,(H,23,24)(H2,18,19,21)(H,20,22,26). The number of amides is 1. The summed E-state index contributed by atoms with van der Waals surface area (Å²) in [5.41, 5.74) is 8.59. The molecule has 0 saturated carbocycles. The second-order valence-electron chi connectivity index (χ2n) is 7.02. The zero-order valence-corrected chi connectivity index (χ0v) is 16.2. The Morgan fingerprint density at radius 2 is 2.07 bits per heavy atom. The van der Waals surface area contributed by atoms with E-state index in [1.165, 1.54) is 13.1 Å². The molecule has 4 rings (SSSR count). The zero-order valence-electron chi connectivity index (χ0n) is 15.4. The maximum atomic E-state index is 12.9. The molecule has 0 bridgehead atoms. The van der Waals surface area contributed by atoms with Crippen molar-refractivity contribution in [2.24, 2.45) is 0 Å². The smallest absolute Gasteiger partial charge is 0.308 e. The maximum absolute atomic E-state index is 12.9. The normalized spacial score (nSPS) is 14.1. The van der Waals surface area contributed by atoms with E-state index in [1.54, 1.807) is 6.20 Å². The summed E-state index contributed by atoms with van der Waals surface area (Å²) < 4.78 is 4.96. The average molecular weight is 399 g/mol. The van der Waals surface area contributed by atoms with Gasteiger partial charge >= 0.3 is 5.97 Å². The predicted octanol–water partition coefficient (Wildman–Crippen LogP) is 1.92. The van der Waals surface area contributed by atoms with E-state index in [9.17, 15) is 9.59 Å². The second-order valence-corrected chi connectivity index (χ2v) is 8.01. The first-order valence-corrected chi connectivity index (χ1v) is 9.22. The van der Waals surface area contributed by atoms with Crippen molar-refractivity contribution < 1.29 is 14.3 Å². The van der Waals surface area contributed by atoms with Crippen LogP contribution in [0.3, 0.4) is 0 Å². The number of aromatic nitrogens is 5. The van der Waals surface area contributed by atoms with Crippen LogP contribution >= 0.6 is 11.3 Å². The monoisotopic (exact) mass is 399 g/mol. The van der Waals surface area contributed by atoms with Gasteiger partial charge in [-0.25, -0.2) is 15.0 Å². The summed E-state index contributed by atoms with van der Waals surface area (Å²) in [5, 5.41) is 10.5. The Hall–Kier alpha value is -3.34. The number of carbonyl (C=O) groups excluding carboxylic acids is 2. The first kappa shape index (κ1) is 18.0. The molecule has 1 aliphatic carbocycles. The molecule has 28 heavy (non-hydrogen) atoms. The number of carbonyl (C=O) groups is 2. The Labute approximate surface area is 163 Å². The van der Waals surface area contributed by atoms with E-state index in [4.69, 9.17) is 10.5 Å². The number of hydrogen-bond acceptors (Lipinski definition) is 9. The third kappa shape index (κ3) is 3.09. The van der Waals surface area contributed by atoms with Gasteiger partial charge in [0.25, 0.3) is 5.91 Å². The number of thiazole rings is 1. The van der Waals surface area contributed by atoms with Gasteiger partial charge in [-0.1, -0.05) is 25.2 Å². The summed E-state index contributed by atoms with van der Waals surface area (Å²) in [4.78, 5) is 36.3. The van der Waals surface area contributed by atoms with E-state index in [2.05, 4.69) is 30.5 Å². The molecule has 3 aromatic rings. The number of nitrogens with one attached hydrogen (secondary N) is 2. The molecule has 0 unspecified atom stereocenters. The Bertz CT molecular complexity index is 1100. The van der Waals surface area contributed by atoms with Crippen LogP contribution in [-0.2, 0) is 16.6 Å². The van der Waals surface area contributed by atoms with Gasteiger partial charge in [-0.3, -0.25) is 20.0 Å². The molecule has 0 atom stereocenters. The lowest BCUT2D eigenvalue weighted by Gasteiger charge is -2.30. The van der Waals surface area contributed by atoms with E-state index in [-0.39, 0.29) is 11.4 Å². The van der Waals surface area contributed by atoms with Gasteiger partial charge in [0.05, 0.1) is 11.9 Å². The van der Waals surface area contributed by atoms with Crippen molar-refractivity contribution in [1.29, 1.82) is 0 Å². The van der Waals surface area contributed by atoms with Gasteiger partial charge in [-0.05, 0) is 17.4 Å². The van der Waals surface area contributed by atoms with Gasteiger partial charge in [0.15, 0.2) is 5.13 Å². The minimum atomic E-state index is -0.453. The fraction of sp³-hybridized carbons (Fsp3) is 0.294. The van der Waals surface area contributed by atoms with Crippen LogP contribution in [0.4, 0.5) is 11.1 Å². The number of ether oxygens (including phenoxy) is 1. The van der Waals surface area contributed by atoms with Crippen molar-refractivity contribution in [3.8, 4) is 16.5 Å². The van der Waals surface area contributed by atoms with Gasteiger partial charge < -0.3 is 10.5 Å². The highest BCUT2D eigenvalue weighted by Gasteiger charge is 2.38. The van der Waals surface area contributed by atoms with Crippen LogP contribution in [0.5, 0.6) is 5.06 Å². The highest BCUT2D eigenvalue weighted by Crippen LogP contribution is 2.42. The first-order valence-electron chi connectivity index (χ1n) is 8.41. The molecular formula is C17H17N7O3S. The van der Waals surface area contributed by atoms with Gasteiger partial charge in [-0.2, -0.15) is 5.10 Å². The molecule has 3 aromatic heterocycles. The summed E-state index contributed by atoms with van der Waals surface area (Å²) in [6, 6.07) is 0. The summed E-state index contributed by atoms with van der Waals surface area (Å²) >= 11 is 1.06. The number of aromatic amines is 1. The minimum absolute atomic E-state index is 0.152. The van der Waals surface area contributed by atoms with Crippen LogP contribution in [0, 0.1) is 0 Å². The van der Waals surface area contributed by atoms with Crippen molar-refractivity contribution in [1.82, 2.24) is 25.1 Å². The number of nitrogens with zero attached hydrogens (tertiary/aromatic N) is 4. The molecule has 0 radical (unpaired) electrons. The van der Waals surface area contributed by atoms with E-state index >= 15 is 0 Å². The quantitative estimate of drug-likeness (QED) is 0.566. The lowest BCUT2D eigenvalue weighted by molar-refractivity contribution is -0.131. The fourth-order valence-corrected chi connectivity index (χ4v) is 4.03. The molecule has 0 saturated heterocycles. The third-order valence-corrected chi connectivity index (χ3v) is 5.15. The molecule has 3 heterocycles. The molecule has 0 aromatic carbocycles. The van der Waals surface area contributed by atoms with Crippen LogP contribution < -0.4 is 15.8 Å². The first-order chi connectivity index (χ1) is 13.2. The molecule has 0 aliphatic heterocycles. The highest BCUT2D eigenvalue weighted by atomic mass is 32.1. The van der Waals surface area contributed by atoms with Crippen molar-refractivity contribution in [2.75, 3.05) is 11.1 Å². The van der Waals surface area contributed by atoms with Crippen LogP contribution in [0.1, 0.15) is 42.4 Å². The Balaban J connectivity index is 1.68. The lowest BCUT2D eigenvalue weighted by Crippen LogP contribution is -2.29. The van der Waals surface area contributed by atoms with E-state index in [0.717, 1.165) is 22.5 Å². The molecule has 4 N–H and O–H groups in total. The van der Waals surface area contributed by atoms with E-state index in [1.807, 2.05) is 13.8 Å². The van der Waals surface area contributed by atoms with Gasteiger partial charge in [0, 0.05) is 18.7 Å². The number of rotatable bonds is 3. The molecule has 1 aliphatic rings. The van der Waals surface area contributed by atoms with Crippen molar-refractivity contribution >= 4 is 34.3 Å². The average Bonchev–Trinajstić information content (AvgIpc) is 3.22. The molecule has 0 spiro atoms. The Morgan fingerprint density at radius 1 is 1.29 bits per heavy atom. The topological polar surface area (TPSA) is 149 Å². The number of nitrogens with two attached hydrogens (primary N) is 1. The van der Waals surface area contributed by atoms with E-state index < -0.39 is 11.9 Å². The molecule has 144 valence electrons. The third-order valence-electron chi connectivity index (χ3n) is 4.36. The van der Waals surface area contributed by atoms with Crippen LogP contribution in [0.2, 0.25) is 0 Å². The van der Waals surface area contributed by atoms with Crippen molar-refractivity contribution in [2.45, 2.75) is 32.6 Å². The molecule has 11 heteroatoms. The molecule has 10 nitrogen and oxygen atoms in total. The van der Waals surface area contributed by atoms with Gasteiger partial charge in [0.2, 0.25) is 11.0 Å². The zero-order chi connectivity index (χ0) is 20.1. The minimum Gasteiger partial charge on any atom is -0.414 e. The van der Waals surface area contributed by atoms with Crippen molar-refractivity contribution in [3.05, 3.63) is 29.2 Å². The summed E-state index contributed by atoms with van der Waals surface area (Å²) in [6.45, 7) is 5.35. The van der Waals surface area contributed by atoms with Gasteiger partial charge in [0.1, 0.15) is 11.4 Å². The molecular weight excluding hydrogens is 382 g/mol. The maximum Gasteiger partial charge on any atom is 0.308 e. The SMILES string of the molecule is CC(=O)Oc1cnc(NC(=O)c2[nH]nc3c2C(C)(C)Cc2cnc(N)nc2-3)s1. The van der Waals surface area contributed by atoms with Crippen molar-refractivity contribution in [3.63, 3.8) is 0 Å². The highest BCUT2D eigenvalue weighted by molar-refractivity contribution is 7.17. The summed E-state index contributed by atoms with van der Waals surface area (Å²) in [7, 11) is 0. The fourth-order valence-electron chi connectivity index (χ4n) is 3.32. The van der Waals surface area contributed by atoms with Crippen LogP contribution in [-0.4, -0.2) is 37.0 Å². The Kier molecular flexibility index (Phi) is 4.11. The molecule has 0 fully saturated rings. The number of anilines is 2. The van der Waals surface area contributed by atoms with Crippen LogP contribution in [0.15, 0.2) is 12.4 Å². The number of H-pyrrole nitrogens is 1. The van der Waals surface area contributed by atoms with Crippen LogP contribution in [0.25, 0.3) is 11.4 Å². The number of fused-ring (bicyclic) bond motifs is 3. The number of nitrogen functional groups attached to an aromatic ring is 1. The number of esters is 1. The summed E-state index contributed by atoms with van der Waals surface area (Å²) in [6.07, 6.45) is 3.72. The molecule has 1 amide bonds. The lowest BCUT2D eigenvalue weighted by atomic mass is 9.73. The second kappa shape index (κ2) is 6.37. The largest absolute Gasteiger partial charge is 0.414 e. The Morgan fingerprint density at radius 3 is 2.82 bits per heavy atom. The number of hydrogen-bond donors (Lipinski definition) is 3. The predicted molar refractivity (Wildman–Crippen MR) is 102 cm³/mol. The van der Waals surface area contributed by atoms with E-state index in [0.29, 0.717) is 33.7 Å². The van der Waals surface area contributed by atoms with Gasteiger partial charge in [-0.15, -0.1) is 0 Å².